The highest BCUT2D eigenvalue weighted by molar-refractivity contribution is 6.25. The van der Waals surface area contributed by atoms with E-state index in [1.54, 1.807) is 18.2 Å². The van der Waals surface area contributed by atoms with E-state index in [9.17, 15) is 28.8 Å². The summed E-state index contributed by atoms with van der Waals surface area (Å²) in [5.41, 5.74) is 8.21. The van der Waals surface area contributed by atoms with Crippen molar-refractivity contribution in [2.75, 3.05) is 49.5 Å². The number of hydrogen-bond acceptors (Lipinski definition) is 9. The first-order chi connectivity index (χ1) is 22.8. The summed E-state index contributed by atoms with van der Waals surface area (Å²) < 4.78 is 0. The fourth-order valence-corrected chi connectivity index (χ4v) is 6.18. The summed E-state index contributed by atoms with van der Waals surface area (Å²) in [5.74, 6) is -2.31. The fraction of sp³-hybridized carbons (Fsp3) is 0.471. The Morgan fingerprint density at radius 2 is 1.64 bits per heavy atom. The molecule has 2 saturated heterocycles. The van der Waals surface area contributed by atoms with Crippen LogP contribution < -0.4 is 26.4 Å². The molecule has 0 aromatic heterocycles. The minimum atomic E-state index is -1.02. The molecule has 0 spiro atoms. The van der Waals surface area contributed by atoms with Crippen LogP contribution in [0.1, 0.15) is 89.4 Å². The van der Waals surface area contributed by atoms with E-state index >= 15 is 0 Å². The van der Waals surface area contributed by atoms with Crippen molar-refractivity contribution in [2.24, 2.45) is 0 Å². The van der Waals surface area contributed by atoms with Crippen molar-refractivity contribution in [1.82, 2.24) is 26.0 Å². The van der Waals surface area contributed by atoms with Gasteiger partial charge in [-0.15, -0.1) is 0 Å². The number of anilines is 2. The zero-order chi connectivity index (χ0) is 33.3. The molecule has 6 amide bonds. The first kappa shape index (κ1) is 33.6. The second kappa shape index (κ2) is 15.7. The van der Waals surface area contributed by atoms with Gasteiger partial charge in [-0.2, -0.15) is 0 Å². The van der Waals surface area contributed by atoms with Crippen LogP contribution in [0.4, 0.5) is 11.4 Å². The molecule has 0 radical (unpaired) electrons. The van der Waals surface area contributed by atoms with E-state index in [4.69, 9.17) is 0 Å². The van der Waals surface area contributed by atoms with Crippen LogP contribution in [0.2, 0.25) is 0 Å². The largest absolute Gasteiger partial charge is 0.384 e. The molecule has 47 heavy (non-hydrogen) atoms. The number of carbonyl (C=O) groups is 6. The Hall–Kier alpha value is -4.78. The maximum Gasteiger partial charge on any atom is 0.265 e. The molecule has 250 valence electrons. The van der Waals surface area contributed by atoms with Gasteiger partial charge in [-0.3, -0.25) is 44.4 Å². The minimum absolute atomic E-state index is 0.0502. The van der Waals surface area contributed by atoms with E-state index in [2.05, 4.69) is 33.3 Å². The van der Waals surface area contributed by atoms with Crippen LogP contribution in [0.25, 0.3) is 0 Å². The number of amides is 6. The summed E-state index contributed by atoms with van der Waals surface area (Å²) in [6.45, 7) is 5.88. The fourth-order valence-electron chi connectivity index (χ4n) is 6.18. The number of rotatable bonds is 14. The highest BCUT2D eigenvalue weighted by Gasteiger charge is 2.45. The maximum atomic E-state index is 13.3. The molecule has 3 aliphatic rings. The van der Waals surface area contributed by atoms with E-state index in [0.717, 1.165) is 30.0 Å². The predicted molar refractivity (Wildman–Crippen MR) is 176 cm³/mol. The van der Waals surface area contributed by atoms with Crippen LogP contribution in [0.5, 0.6) is 0 Å². The van der Waals surface area contributed by atoms with Crippen molar-refractivity contribution < 1.29 is 28.8 Å². The number of carbonyl (C=O) groups excluding carboxylic acids is 6. The van der Waals surface area contributed by atoms with E-state index in [1.807, 2.05) is 29.2 Å². The third-order valence-corrected chi connectivity index (χ3v) is 8.84. The van der Waals surface area contributed by atoms with E-state index in [0.29, 0.717) is 56.8 Å². The molecule has 1 unspecified atom stereocenters. The monoisotopic (exact) mass is 645 g/mol. The second-order valence-electron chi connectivity index (χ2n) is 12.1. The number of piperidine rings is 1. The summed E-state index contributed by atoms with van der Waals surface area (Å²) in [7, 11) is 0. The van der Waals surface area contributed by atoms with Crippen LogP contribution in [0.3, 0.4) is 0 Å². The van der Waals surface area contributed by atoms with Gasteiger partial charge in [0.1, 0.15) is 6.04 Å². The summed E-state index contributed by atoms with van der Waals surface area (Å²) in [6, 6.07) is 11.4. The molecule has 4 N–H and O–H groups in total. The predicted octanol–water partition coefficient (Wildman–Crippen LogP) is 2.44. The molecular formula is C34H43N7O6. The van der Waals surface area contributed by atoms with Crippen molar-refractivity contribution in [1.29, 1.82) is 0 Å². The van der Waals surface area contributed by atoms with E-state index in [1.165, 1.54) is 12.8 Å². The van der Waals surface area contributed by atoms with E-state index in [-0.39, 0.29) is 35.8 Å². The molecule has 13 nitrogen and oxygen atoms in total. The molecule has 2 fully saturated rings. The highest BCUT2D eigenvalue weighted by Crippen LogP contribution is 2.32. The van der Waals surface area contributed by atoms with Gasteiger partial charge in [0.15, 0.2) is 0 Å². The molecule has 1 atom stereocenters. The van der Waals surface area contributed by atoms with Crippen molar-refractivity contribution in [2.45, 2.75) is 64.3 Å². The van der Waals surface area contributed by atoms with Crippen LogP contribution in [-0.4, -0.2) is 90.6 Å². The van der Waals surface area contributed by atoms with Crippen molar-refractivity contribution in [3.63, 3.8) is 0 Å². The zero-order valence-corrected chi connectivity index (χ0v) is 26.8. The topological polar surface area (TPSA) is 160 Å². The van der Waals surface area contributed by atoms with Gasteiger partial charge in [0.2, 0.25) is 17.7 Å². The number of imide groups is 2. The molecule has 3 heterocycles. The number of unbranched alkanes of at least 4 members (excludes halogenated alkanes) is 3. The van der Waals surface area contributed by atoms with Crippen LogP contribution in [-0.2, 0) is 14.4 Å². The van der Waals surface area contributed by atoms with Crippen molar-refractivity contribution in [3.8, 4) is 0 Å². The molecular weight excluding hydrogens is 602 g/mol. The van der Waals surface area contributed by atoms with Gasteiger partial charge in [-0.1, -0.05) is 32.3 Å². The molecule has 0 bridgehead atoms. The molecule has 0 aliphatic carbocycles. The molecule has 0 saturated carbocycles. The third-order valence-electron chi connectivity index (χ3n) is 8.84. The standard InChI is InChI=1S/C34H43N7O6/c1-2-3-4-5-18-36-38-31(44)23-11-13-24(14-12-23)39-19-21-40(22-20-39)29(43)10-7-17-35-26-9-6-8-25-30(26)34(47)41(33(25)46)27-15-16-28(42)37-32(27)45/h6,8-9,11-14,27,35-36H,2-5,7,10,15-22H2,1H3,(H,38,44)(H,37,42,45). The zero-order valence-electron chi connectivity index (χ0n) is 26.8. The molecule has 2 aromatic rings. The number of piperazine rings is 1. The van der Waals surface area contributed by atoms with Crippen LogP contribution in [0.15, 0.2) is 42.5 Å². The van der Waals surface area contributed by atoms with Gasteiger partial charge >= 0.3 is 0 Å². The van der Waals surface area contributed by atoms with Crippen LogP contribution in [0, 0.1) is 0 Å². The van der Waals surface area contributed by atoms with Crippen molar-refractivity contribution >= 4 is 46.8 Å². The second-order valence-corrected chi connectivity index (χ2v) is 12.1. The Morgan fingerprint density at radius 3 is 2.36 bits per heavy atom. The first-order valence-electron chi connectivity index (χ1n) is 16.5. The lowest BCUT2D eigenvalue weighted by molar-refractivity contribution is -0.136. The molecule has 3 aliphatic heterocycles. The van der Waals surface area contributed by atoms with Gasteiger partial charge in [-0.05, 0) is 55.7 Å². The summed E-state index contributed by atoms with van der Waals surface area (Å²) in [6.07, 6.45) is 5.54. The Morgan fingerprint density at radius 1 is 0.872 bits per heavy atom. The number of benzene rings is 2. The van der Waals surface area contributed by atoms with Gasteiger partial charge in [-0.25, -0.2) is 5.43 Å². The average Bonchev–Trinajstić information content (AvgIpc) is 3.34. The maximum absolute atomic E-state index is 13.3. The van der Waals surface area contributed by atoms with Gasteiger partial charge in [0.05, 0.1) is 11.1 Å². The van der Waals surface area contributed by atoms with Gasteiger partial charge in [0, 0.05) is 69.0 Å². The van der Waals surface area contributed by atoms with E-state index < -0.39 is 29.7 Å². The lowest BCUT2D eigenvalue weighted by Gasteiger charge is -2.36. The lowest BCUT2D eigenvalue weighted by atomic mass is 10.0. The molecule has 5 rings (SSSR count). The third kappa shape index (κ3) is 7.97. The molecule has 2 aromatic carbocycles. The lowest BCUT2D eigenvalue weighted by Crippen LogP contribution is -2.54. The smallest absolute Gasteiger partial charge is 0.265 e. The number of hydrazine groups is 1. The summed E-state index contributed by atoms with van der Waals surface area (Å²) >= 11 is 0. The summed E-state index contributed by atoms with van der Waals surface area (Å²) in [4.78, 5) is 80.6. The van der Waals surface area contributed by atoms with Gasteiger partial charge in [0.25, 0.3) is 17.7 Å². The first-order valence-corrected chi connectivity index (χ1v) is 16.5. The Bertz CT molecular complexity index is 1500. The Kier molecular flexibility index (Phi) is 11.2. The Balaban J connectivity index is 1.04. The van der Waals surface area contributed by atoms with Crippen LogP contribution >= 0.6 is 0 Å². The quantitative estimate of drug-likeness (QED) is 0.138. The SMILES string of the molecule is CCCCCCNNC(=O)c1ccc(N2CCN(C(=O)CCCNc3cccc4c3C(=O)N(C3CCC(=O)NC3=O)C4=O)CC2)cc1. The number of hydrogen-bond donors (Lipinski definition) is 4. The number of fused-ring (bicyclic) bond motifs is 1. The minimum Gasteiger partial charge on any atom is -0.384 e. The Labute approximate surface area is 274 Å². The number of nitrogens with one attached hydrogen (secondary N) is 4. The number of nitrogens with zero attached hydrogens (tertiary/aromatic N) is 3. The average molecular weight is 646 g/mol. The van der Waals surface area contributed by atoms with Crippen molar-refractivity contribution in [3.05, 3.63) is 59.2 Å². The summed E-state index contributed by atoms with van der Waals surface area (Å²) in [5, 5.41) is 5.39. The van der Waals surface area contributed by atoms with Gasteiger partial charge < -0.3 is 15.1 Å². The normalized spacial score (nSPS) is 17.9. The highest BCUT2D eigenvalue weighted by atomic mass is 16.2. The molecule has 13 heteroatoms.